The molecule has 1 heterocycles. The molecule has 0 saturated carbocycles. The standard InChI is InChI=1S/C13H15N/c1-14-9-11-7-12(14)8-13(11)10-5-3-2-4-6-10/h2-6,8,11-12H,7,9H2,1H3. The van der Waals surface area contributed by atoms with E-state index in [0.717, 1.165) is 5.92 Å². The van der Waals surface area contributed by atoms with Crippen LogP contribution in [0.1, 0.15) is 12.0 Å². The van der Waals surface area contributed by atoms with Gasteiger partial charge in [0.15, 0.2) is 0 Å². The van der Waals surface area contributed by atoms with Crippen molar-refractivity contribution in [2.45, 2.75) is 12.5 Å². The molecule has 0 spiro atoms. The number of hydrogen-bond donors (Lipinski definition) is 0. The van der Waals surface area contributed by atoms with Crippen LogP contribution in [0.5, 0.6) is 0 Å². The van der Waals surface area contributed by atoms with Gasteiger partial charge in [-0.2, -0.15) is 0 Å². The molecule has 2 atom stereocenters. The molecule has 0 N–H and O–H groups in total. The zero-order valence-corrected chi connectivity index (χ0v) is 8.48. The third kappa shape index (κ3) is 1.12. The van der Waals surface area contributed by atoms with Crippen molar-refractivity contribution >= 4 is 5.57 Å². The Hall–Kier alpha value is -1.08. The van der Waals surface area contributed by atoms with Crippen LogP contribution < -0.4 is 0 Å². The Bertz CT molecular complexity index is 366. The average Bonchev–Trinajstić information content (AvgIpc) is 2.77. The highest BCUT2D eigenvalue weighted by Crippen LogP contribution is 2.41. The van der Waals surface area contributed by atoms with Crippen molar-refractivity contribution in [2.24, 2.45) is 5.92 Å². The van der Waals surface area contributed by atoms with Crippen molar-refractivity contribution in [3.63, 3.8) is 0 Å². The third-order valence-electron chi connectivity index (χ3n) is 3.52. The molecule has 1 heteroatoms. The fraction of sp³-hybridized carbons (Fsp3) is 0.385. The molecule has 1 saturated heterocycles. The summed E-state index contributed by atoms with van der Waals surface area (Å²) in [5, 5.41) is 0. The summed E-state index contributed by atoms with van der Waals surface area (Å²) in [5.74, 6) is 0.785. The van der Waals surface area contributed by atoms with Gasteiger partial charge in [0.05, 0.1) is 0 Å². The Kier molecular flexibility index (Phi) is 1.74. The first-order chi connectivity index (χ1) is 6.84. The van der Waals surface area contributed by atoms with Crippen molar-refractivity contribution in [3.8, 4) is 0 Å². The van der Waals surface area contributed by atoms with Gasteiger partial charge in [0.25, 0.3) is 0 Å². The lowest BCUT2D eigenvalue weighted by Gasteiger charge is -2.21. The van der Waals surface area contributed by atoms with E-state index < -0.39 is 0 Å². The monoisotopic (exact) mass is 185 g/mol. The molecular weight excluding hydrogens is 170 g/mol. The van der Waals surface area contributed by atoms with Crippen LogP contribution in [0.15, 0.2) is 36.4 Å². The van der Waals surface area contributed by atoms with Gasteiger partial charge in [0.2, 0.25) is 0 Å². The van der Waals surface area contributed by atoms with E-state index in [1.165, 1.54) is 18.5 Å². The zero-order chi connectivity index (χ0) is 9.54. The van der Waals surface area contributed by atoms with Crippen molar-refractivity contribution in [2.75, 3.05) is 13.6 Å². The first-order valence-corrected chi connectivity index (χ1v) is 5.32. The van der Waals surface area contributed by atoms with Crippen LogP contribution in [0.2, 0.25) is 0 Å². The van der Waals surface area contributed by atoms with E-state index in [0.29, 0.717) is 6.04 Å². The Labute approximate surface area is 85.0 Å². The minimum Gasteiger partial charge on any atom is -0.299 e. The molecule has 1 aliphatic carbocycles. The highest BCUT2D eigenvalue weighted by Gasteiger charge is 2.36. The van der Waals surface area contributed by atoms with Crippen molar-refractivity contribution in [1.29, 1.82) is 0 Å². The van der Waals surface area contributed by atoms with Gasteiger partial charge in [-0.25, -0.2) is 0 Å². The topological polar surface area (TPSA) is 3.24 Å². The molecule has 1 nitrogen and oxygen atoms in total. The van der Waals surface area contributed by atoms with E-state index in [1.54, 1.807) is 5.57 Å². The predicted octanol–water partition coefficient (Wildman–Crippen LogP) is 2.40. The summed E-state index contributed by atoms with van der Waals surface area (Å²) >= 11 is 0. The quantitative estimate of drug-likeness (QED) is 0.649. The molecule has 14 heavy (non-hydrogen) atoms. The van der Waals surface area contributed by atoms with Gasteiger partial charge in [0, 0.05) is 12.6 Å². The van der Waals surface area contributed by atoms with Gasteiger partial charge in [-0.1, -0.05) is 36.4 Å². The van der Waals surface area contributed by atoms with Crippen LogP contribution in [-0.4, -0.2) is 24.5 Å². The predicted molar refractivity (Wildman–Crippen MR) is 58.9 cm³/mol. The SMILES string of the molecule is CN1CC2CC1C=C2c1ccccc1. The number of likely N-dealkylation sites (N-methyl/N-ethyl adjacent to an activating group) is 1. The summed E-state index contributed by atoms with van der Waals surface area (Å²) in [6.07, 6.45) is 3.78. The van der Waals surface area contributed by atoms with E-state index in [2.05, 4.69) is 48.4 Å². The van der Waals surface area contributed by atoms with Crippen LogP contribution in [0.25, 0.3) is 5.57 Å². The lowest BCUT2D eigenvalue weighted by Crippen LogP contribution is -2.25. The molecule has 0 aromatic heterocycles. The maximum atomic E-state index is 2.46. The summed E-state index contributed by atoms with van der Waals surface area (Å²) < 4.78 is 0. The first-order valence-electron chi connectivity index (χ1n) is 5.32. The van der Waals surface area contributed by atoms with Gasteiger partial charge in [0.1, 0.15) is 0 Å². The number of hydrogen-bond acceptors (Lipinski definition) is 1. The molecule has 2 bridgehead atoms. The second-order valence-corrected chi connectivity index (χ2v) is 4.43. The fourth-order valence-corrected chi connectivity index (χ4v) is 2.76. The van der Waals surface area contributed by atoms with E-state index in [4.69, 9.17) is 0 Å². The molecule has 2 aliphatic rings. The zero-order valence-electron chi connectivity index (χ0n) is 8.48. The second kappa shape index (κ2) is 2.96. The number of rotatable bonds is 1. The molecule has 2 unspecified atom stereocenters. The maximum absolute atomic E-state index is 2.46. The van der Waals surface area contributed by atoms with Gasteiger partial charge >= 0.3 is 0 Å². The van der Waals surface area contributed by atoms with Gasteiger partial charge in [-0.05, 0) is 30.5 Å². The van der Waals surface area contributed by atoms with Crippen molar-refractivity contribution in [3.05, 3.63) is 42.0 Å². The van der Waals surface area contributed by atoms with Crippen LogP contribution in [0, 0.1) is 5.92 Å². The Morgan fingerprint density at radius 3 is 2.57 bits per heavy atom. The van der Waals surface area contributed by atoms with Crippen LogP contribution >= 0.6 is 0 Å². The molecule has 1 aromatic carbocycles. The van der Waals surface area contributed by atoms with E-state index >= 15 is 0 Å². The Balaban J connectivity index is 1.96. The average molecular weight is 185 g/mol. The van der Waals surface area contributed by atoms with Crippen LogP contribution in [0.3, 0.4) is 0 Å². The smallest absolute Gasteiger partial charge is 0.0287 e. The first kappa shape index (κ1) is 8.25. The molecule has 0 radical (unpaired) electrons. The lowest BCUT2D eigenvalue weighted by atomic mass is 9.95. The third-order valence-corrected chi connectivity index (χ3v) is 3.52. The molecule has 1 fully saturated rings. The maximum Gasteiger partial charge on any atom is 0.0287 e. The molecule has 1 aliphatic heterocycles. The fourth-order valence-electron chi connectivity index (χ4n) is 2.76. The molecule has 3 rings (SSSR count). The normalized spacial score (nSPS) is 30.8. The summed E-state index contributed by atoms with van der Waals surface area (Å²) in [6.45, 7) is 1.24. The van der Waals surface area contributed by atoms with E-state index in [1.807, 2.05) is 0 Å². The molecule has 1 aromatic rings. The lowest BCUT2D eigenvalue weighted by molar-refractivity contribution is 0.347. The summed E-state index contributed by atoms with van der Waals surface area (Å²) in [7, 11) is 2.23. The van der Waals surface area contributed by atoms with Crippen LogP contribution in [-0.2, 0) is 0 Å². The van der Waals surface area contributed by atoms with Gasteiger partial charge < -0.3 is 0 Å². The van der Waals surface area contributed by atoms with E-state index in [-0.39, 0.29) is 0 Å². The number of likely N-dealkylation sites (tertiary alicyclic amines) is 1. The van der Waals surface area contributed by atoms with Gasteiger partial charge in [-0.3, -0.25) is 4.90 Å². The highest BCUT2D eigenvalue weighted by molar-refractivity contribution is 5.71. The largest absolute Gasteiger partial charge is 0.299 e. The number of nitrogens with zero attached hydrogens (tertiary/aromatic N) is 1. The van der Waals surface area contributed by atoms with Crippen molar-refractivity contribution < 1.29 is 0 Å². The van der Waals surface area contributed by atoms with Gasteiger partial charge in [-0.15, -0.1) is 0 Å². The summed E-state index contributed by atoms with van der Waals surface area (Å²) in [6, 6.07) is 11.5. The molecular formula is C13H15N. The van der Waals surface area contributed by atoms with Crippen molar-refractivity contribution in [1.82, 2.24) is 4.90 Å². The van der Waals surface area contributed by atoms with Crippen LogP contribution in [0.4, 0.5) is 0 Å². The minimum absolute atomic E-state index is 0.704. The van der Waals surface area contributed by atoms with E-state index in [9.17, 15) is 0 Å². The summed E-state index contributed by atoms with van der Waals surface area (Å²) in [5.41, 5.74) is 3.00. The minimum atomic E-state index is 0.704. The number of benzene rings is 1. The Morgan fingerprint density at radius 2 is 2.00 bits per heavy atom. The molecule has 72 valence electrons. The molecule has 0 amide bonds. The second-order valence-electron chi connectivity index (χ2n) is 4.43. The number of fused-ring (bicyclic) bond motifs is 2. The summed E-state index contributed by atoms with van der Waals surface area (Å²) in [4.78, 5) is 2.46. The Morgan fingerprint density at radius 1 is 1.21 bits per heavy atom. The highest BCUT2D eigenvalue weighted by atomic mass is 15.2.